The van der Waals surface area contributed by atoms with E-state index in [1.54, 1.807) is 12.1 Å². The molecule has 2 N–H and O–H groups in total. The van der Waals surface area contributed by atoms with Crippen molar-refractivity contribution in [3.8, 4) is 0 Å². The van der Waals surface area contributed by atoms with E-state index in [0.717, 1.165) is 12.1 Å². The van der Waals surface area contributed by atoms with Crippen LogP contribution in [0.3, 0.4) is 0 Å². The van der Waals surface area contributed by atoms with E-state index in [-0.39, 0.29) is 46.5 Å². The van der Waals surface area contributed by atoms with Crippen LogP contribution in [0.2, 0.25) is 0 Å². The summed E-state index contributed by atoms with van der Waals surface area (Å²) in [5.41, 5.74) is -0.395. The summed E-state index contributed by atoms with van der Waals surface area (Å²) in [7, 11) is 0. The van der Waals surface area contributed by atoms with E-state index in [4.69, 9.17) is 5.11 Å². The smallest absolute Gasteiger partial charge is 0.416 e. The zero-order chi connectivity index (χ0) is 14.8. The Labute approximate surface area is 141 Å². The van der Waals surface area contributed by atoms with Gasteiger partial charge in [0.25, 0.3) is 0 Å². The summed E-state index contributed by atoms with van der Waals surface area (Å²) >= 11 is 0. The van der Waals surface area contributed by atoms with E-state index in [9.17, 15) is 18.0 Å². The van der Waals surface area contributed by atoms with E-state index in [1.807, 2.05) is 0 Å². The minimum absolute atomic E-state index is 0. The van der Waals surface area contributed by atoms with Crippen molar-refractivity contribution >= 4 is 46.9 Å². The summed E-state index contributed by atoms with van der Waals surface area (Å²) in [6.07, 6.45) is -4.44. The van der Waals surface area contributed by atoms with Crippen LogP contribution in [0.25, 0.3) is 0 Å². The summed E-state index contributed by atoms with van der Waals surface area (Å²) in [5, 5.41) is 11.7. The van der Waals surface area contributed by atoms with Crippen molar-refractivity contribution in [2.45, 2.75) is 6.18 Å². The Hall–Kier alpha value is -1.50. The Balaban J connectivity index is 0.00000220. The van der Waals surface area contributed by atoms with Gasteiger partial charge in [-0.3, -0.25) is 0 Å². The van der Waals surface area contributed by atoms with Crippen LogP contribution in [0.1, 0.15) is 15.9 Å². The minimum Gasteiger partial charge on any atom is -0.478 e. The Morgan fingerprint density at radius 3 is 2.33 bits per heavy atom. The first kappa shape index (κ1) is 17.6. The average molecular weight is 304 g/mol. The first-order valence-electron chi connectivity index (χ1n) is 5.64. The molecule has 2 aromatic rings. The van der Waals surface area contributed by atoms with Crippen LogP contribution in [0.15, 0.2) is 48.5 Å². The third-order valence-corrected chi connectivity index (χ3v) is 2.63. The predicted octanol–water partition coefficient (Wildman–Crippen LogP) is 3.77. The molecule has 2 aromatic carbocycles. The van der Waals surface area contributed by atoms with Crippen molar-refractivity contribution in [3.05, 3.63) is 59.7 Å². The van der Waals surface area contributed by atoms with Crippen LogP contribution < -0.4 is 5.32 Å². The molecule has 2 rings (SSSR count). The van der Waals surface area contributed by atoms with Crippen molar-refractivity contribution in [3.63, 3.8) is 0 Å². The number of nitrogens with one attached hydrogen (secondary N) is 1. The zero-order valence-corrected chi connectivity index (χ0v) is 13.1. The predicted molar refractivity (Wildman–Crippen MR) is 73.9 cm³/mol. The molecule has 0 bridgehead atoms. The van der Waals surface area contributed by atoms with Crippen molar-refractivity contribution in [2.24, 2.45) is 0 Å². The molecule has 0 aliphatic heterocycles. The summed E-state index contributed by atoms with van der Waals surface area (Å²) in [6.45, 7) is 0. The Kier molecular flexibility index (Phi) is 5.83. The SMILES string of the molecule is O=C(O)c1ccccc1Nc1cccc(C(F)(F)F)c1.[Na]. The molecule has 1 radical (unpaired) electrons. The van der Waals surface area contributed by atoms with Crippen LogP contribution >= 0.6 is 0 Å². The Morgan fingerprint density at radius 2 is 1.71 bits per heavy atom. The van der Waals surface area contributed by atoms with E-state index in [2.05, 4.69) is 5.32 Å². The number of aromatic carboxylic acids is 1. The minimum atomic E-state index is -4.44. The molecule has 0 unspecified atom stereocenters. The van der Waals surface area contributed by atoms with Gasteiger partial charge in [0.1, 0.15) is 0 Å². The van der Waals surface area contributed by atoms with Gasteiger partial charge in [-0.05, 0) is 30.3 Å². The molecule has 0 fully saturated rings. The van der Waals surface area contributed by atoms with E-state index < -0.39 is 17.7 Å². The standard InChI is InChI=1S/C14H10F3NO2.Na/c15-14(16,17)9-4-3-5-10(8-9)18-12-7-2-1-6-11(12)13(19)20;/h1-8,18H,(H,19,20);. The molecule has 21 heavy (non-hydrogen) atoms. The number of para-hydroxylation sites is 1. The maximum absolute atomic E-state index is 12.6. The molecule has 7 heteroatoms. The Morgan fingerprint density at radius 1 is 1.05 bits per heavy atom. The molecule has 0 aromatic heterocycles. The molecule has 0 saturated heterocycles. The van der Waals surface area contributed by atoms with Crippen molar-refractivity contribution < 1.29 is 23.1 Å². The van der Waals surface area contributed by atoms with Gasteiger partial charge in [0.15, 0.2) is 0 Å². The van der Waals surface area contributed by atoms with Crippen LogP contribution in [0.4, 0.5) is 24.5 Å². The van der Waals surface area contributed by atoms with Gasteiger partial charge in [-0.15, -0.1) is 0 Å². The number of hydrogen-bond donors (Lipinski definition) is 2. The van der Waals surface area contributed by atoms with Crippen LogP contribution in [-0.4, -0.2) is 40.6 Å². The quantitative estimate of drug-likeness (QED) is 0.849. The molecule has 3 nitrogen and oxygen atoms in total. The van der Waals surface area contributed by atoms with Crippen LogP contribution in [0.5, 0.6) is 0 Å². The van der Waals surface area contributed by atoms with Crippen molar-refractivity contribution in [1.29, 1.82) is 0 Å². The molecule has 0 aliphatic carbocycles. The van der Waals surface area contributed by atoms with Crippen molar-refractivity contribution in [2.75, 3.05) is 5.32 Å². The molecule has 105 valence electrons. The third kappa shape index (κ3) is 4.49. The molecular weight excluding hydrogens is 294 g/mol. The topological polar surface area (TPSA) is 49.3 Å². The second-order valence-corrected chi connectivity index (χ2v) is 4.05. The fourth-order valence-electron chi connectivity index (χ4n) is 1.71. The molecule has 0 saturated carbocycles. The molecule has 0 atom stereocenters. The summed E-state index contributed by atoms with van der Waals surface area (Å²) < 4.78 is 37.8. The van der Waals surface area contributed by atoms with Crippen LogP contribution in [-0.2, 0) is 6.18 Å². The number of halogens is 3. The Bertz CT molecular complexity index is 644. The molecule has 0 spiro atoms. The van der Waals surface area contributed by atoms with Gasteiger partial charge in [0.05, 0.1) is 16.8 Å². The van der Waals surface area contributed by atoms with Gasteiger partial charge < -0.3 is 10.4 Å². The molecule has 0 heterocycles. The third-order valence-electron chi connectivity index (χ3n) is 2.63. The second kappa shape index (κ2) is 6.98. The second-order valence-electron chi connectivity index (χ2n) is 4.05. The van der Waals surface area contributed by atoms with Gasteiger partial charge in [-0.1, -0.05) is 18.2 Å². The number of anilines is 2. The normalized spacial score (nSPS) is 10.6. The fourth-order valence-corrected chi connectivity index (χ4v) is 1.71. The number of carboxylic acid groups (broad SMARTS) is 1. The number of carbonyl (C=O) groups is 1. The van der Waals surface area contributed by atoms with E-state index in [1.165, 1.54) is 24.3 Å². The van der Waals surface area contributed by atoms with Gasteiger partial charge in [0, 0.05) is 35.2 Å². The van der Waals surface area contributed by atoms with Gasteiger partial charge in [0.2, 0.25) is 0 Å². The zero-order valence-electron chi connectivity index (χ0n) is 11.1. The van der Waals surface area contributed by atoms with E-state index >= 15 is 0 Å². The molecular formula is C14H10F3NNaO2. The maximum atomic E-state index is 12.6. The summed E-state index contributed by atoms with van der Waals surface area (Å²) in [6, 6.07) is 10.6. The number of rotatable bonds is 3. The number of benzene rings is 2. The van der Waals surface area contributed by atoms with Crippen LogP contribution in [0, 0.1) is 0 Å². The monoisotopic (exact) mass is 304 g/mol. The molecule has 0 amide bonds. The first-order chi connectivity index (χ1) is 9.38. The maximum Gasteiger partial charge on any atom is 0.416 e. The van der Waals surface area contributed by atoms with Gasteiger partial charge in [-0.25, -0.2) is 4.79 Å². The van der Waals surface area contributed by atoms with Gasteiger partial charge in [-0.2, -0.15) is 13.2 Å². The largest absolute Gasteiger partial charge is 0.478 e. The average Bonchev–Trinajstić information content (AvgIpc) is 2.38. The number of hydrogen-bond acceptors (Lipinski definition) is 2. The molecule has 0 aliphatic rings. The number of carboxylic acids is 1. The number of alkyl halides is 3. The fraction of sp³-hybridized carbons (Fsp3) is 0.0714. The summed E-state index contributed by atoms with van der Waals surface area (Å²) in [5.74, 6) is -1.15. The first-order valence-corrected chi connectivity index (χ1v) is 5.64. The summed E-state index contributed by atoms with van der Waals surface area (Å²) in [4.78, 5) is 11.0. The van der Waals surface area contributed by atoms with E-state index in [0.29, 0.717) is 0 Å². The van der Waals surface area contributed by atoms with Gasteiger partial charge >= 0.3 is 12.1 Å². The van der Waals surface area contributed by atoms with Crippen molar-refractivity contribution in [1.82, 2.24) is 0 Å².